The standard InChI is InChI=1S/C19H28N6O/c20-19(22-6-1-8-24-10-12-26-13-11-24)23-14-17-2-4-18(5-3-17)15-25-9-7-21-16-25/h2-5,7,9,16H,1,6,8,10-15H2,(H3,20,22,23). The molecule has 3 N–H and O–H groups in total. The Morgan fingerprint density at radius 1 is 1.19 bits per heavy atom. The van der Waals surface area contributed by atoms with Crippen molar-refractivity contribution >= 4 is 5.96 Å². The van der Waals surface area contributed by atoms with E-state index in [1.807, 2.05) is 17.1 Å². The Kier molecular flexibility index (Phi) is 7.04. The summed E-state index contributed by atoms with van der Waals surface area (Å²) in [5, 5.41) is 3.19. The van der Waals surface area contributed by atoms with Crippen LogP contribution in [0.15, 0.2) is 48.0 Å². The third-order valence-electron chi connectivity index (χ3n) is 4.44. The van der Waals surface area contributed by atoms with E-state index in [1.165, 1.54) is 5.56 Å². The molecule has 140 valence electrons. The van der Waals surface area contributed by atoms with E-state index in [1.54, 1.807) is 6.20 Å². The van der Waals surface area contributed by atoms with Gasteiger partial charge >= 0.3 is 0 Å². The molecule has 7 heteroatoms. The normalized spacial score (nSPS) is 15.9. The highest BCUT2D eigenvalue weighted by Crippen LogP contribution is 2.07. The van der Waals surface area contributed by atoms with Gasteiger partial charge in [-0.1, -0.05) is 24.3 Å². The van der Waals surface area contributed by atoms with Crippen molar-refractivity contribution in [2.75, 3.05) is 39.4 Å². The Balaban J connectivity index is 1.35. The molecule has 0 spiro atoms. The van der Waals surface area contributed by atoms with Crippen molar-refractivity contribution in [1.29, 1.82) is 0 Å². The molecule has 0 unspecified atom stereocenters. The number of guanidine groups is 1. The average molecular weight is 356 g/mol. The van der Waals surface area contributed by atoms with Crippen molar-refractivity contribution in [3.05, 3.63) is 54.1 Å². The van der Waals surface area contributed by atoms with E-state index in [0.29, 0.717) is 12.5 Å². The van der Waals surface area contributed by atoms with Crippen molar-refractivity contribution < 1.29 is 4.74 Å². The van der Waals surface area contributed by atoms with Crippen LogP contribution >= 0.6 is 0 Å². The SMILES string of the molecule is NC(=NCc1ccc(Cn2ccnc2)cc1)NCCCN1CCOCC1. The zero-order valence-electron chi connectivity index (χ0n) is 15.2. The summed E-state index contributed by atoms with van der Waals surface area (Å²) < 4.78 is 7.40. The molecule has 1 saturated heterocycles. The predicted molar refractivity (Wildman–Crippen MR) is 103 cm³/mol. The van der Waals surface area contributed by atoms with Crippen molar-refractivity contribution in [3.63, 3.8) is 0 Å². The van der Waals surface area contributed by atoms with Gasteiger partial charge < -0.3 is 20.4 Å². The van der Waals surface area contributed by atoms with Gasteiger partial charge in [-0.15, -0.1) is 0 Å². The molecule has 2 aromatic rings. The van der Waals surface area contributed by atoms with Crippen molar-refractivity contribution in [2.24, 2.45) is 10.7 Å². The van der Waals surface area contributed by atoms with E-state index in [2.05, 4.69) is 44.5 Å². The second-order valence-electron chi connectivity index (χ2n) is 6.49. The predicted octanol–water partition coefficient (Wildman–Crippen LogP) is 1.06. The molecule has 0 aliphatic carbocycles. The summed E-state index contributed by atoms with van der Waals surface area (Å²) in [6.07, 6.45) is 6.63. The molecule has 0 radical (unpaired) electrons. The molecule has 1 aromatic heterocycles. The third-order valence-corrected chi connectivity index (χ3v) is 4.44. The maximum Gasteiger partial charge on any atom is 0.188 e. The number of nitrogens with zero attached hydrogens (tertiary/aromatic N) is 4. The number of benzene rings is 1. The van der Waals surface area contributed by atoms with Gasteiger partial charge in [0.1, 0.15) is 0 Å². The topological polar surface area (TPSA) is 80.7 Å². The van der Waals surface area contributed by atoms with Crippen LogP contribution in [0.4, 0.5) is 0 Å². The molecule has 7 nitrogen and oxygen atoms in total. The van der Waals surface area contributed by atoms with Gasteiger partial charge in [0.05, 0.1) is 26.1 Å². The largest absolute Gasteiger partial charge is 0.379 e. The summed E-state index contributed by atoms with van der Waals surface area (Å²) in [5.74, 6) is 0.509. The highest BCUT2D eigenvalue weighted by molar-refractivity contribution is 5.77. The zero-order valence-corrected chi connectivity index (χ0v) is 15.2. The smallest absolute Gasteiger partial charge is 0.188 e. The highest BCUT2D eigenvalue weighted by Gasteiger charge is 2.08. The second-order valence-corrected chi connectivity index (χ2v) is 6.49. The number of hydrogen-bond donors (Lipinski definition) is 2. The molecule has 1 fully saturated rings. The summed E-state index contributed by atoms with van der Waals surface area (Å²) in [5.41, 5.74) is 8.35. The molecule has 0 atom stereocenters. The summed E-state index contributed by atoms with van der Waals surface area (Å²) in [6.45, 7) is 7.08. The molecule has 26 heavy (non-hydrogen) atoms. The number of rotatable bonds is 8. The average Bonchev–Trinajstić information content (AvgIpc) is 3.19. The molecule has 1 aliphatic heterocycles. The van der Waals surface area contributed by atoms with Crippen LogP contribution in [0.2, 0.25) is 0 Å². The maximum atomic E-state index is 5.96. The van der Waals surface area contributed by atoms with E-state index < -0.39 is 0 Å². The molecule has 0 saturated carbocycles. The number of morpholine rings is 1. The number of hydrogen-bond acceptors (Lipinski definition) is 4. The van der Waals surface area contributed by atoms with E-state index in [9.17, 15) is 0 Å². The Hall–Kier alpha value is -2.38. The minimum absolute atomic E-state index is 0.509. The van der Waals surface area contributed by atoms with Gasteiger partial charge in [-0.05, 0) is 24.1 Å². The molecule has 1 aromatic carbocycles. The van der Waals surface area contributed by atoms with Crippen LogP contribution in [0, 0.1) is 0 Å². The number of aromatic nitrogens is 2. The first-order valence-corrected chi connectivity index (χ1v) is 9.17. The van der Waals surface area contributed by atoms with Gasteiger partial charge in [0.2, 0.25) is 0 Å². The lowest BCUT2D eigenvalue weighted by Gasteiger charge is -2.26. The van der Waals surface area contributed by atoms with E-state index in [-0.39, 0.29) is 0 Å². The van der Waals surface area contributed by atoms with Gasteiger partial charge in [-0.3, -0.25) is 4.90 Å². The second kappa shape index (κ2) is 9.94. The monoisotopic (exact) mass is 356 g/mol. The van der Waals surface area contributed by atoms with Gasteiger partial charge in [0.25, 0.3) is 0 Å². The lowest BCUT2D eigenvalue weighted by Crippen LogP contribution is -2.39. The number of nitrogens with one attached hydrogen (secondary N) is 1. The molecular formula is C19H28N6O. The Labute approximate surface area is 154 Å². The lowest BCUT2D eigenvalue weighted by molar-refractivity contribution is 0.0376. The van der Waals surface area contributed by atoms with Gasteiger partial charge in [0.15, 0.2) is 5.96 Å². The minimum Gasteiger partial charge on any atom is -0.379 e. The van der Waals surface area contributed by atoms with Crippen LogP contribution in [-0.4, -0.2) is 59.8 Å². The fraction of sp³-hybridized carbons (Fsp3) is 0.474. The Bertz CT molecular complexity index is 662. The lowest BCUT2D eigenvalue weighted by atomic mass is 10.1. The number of imidazole rings is 1. The Morgan fingerprint density at radius 2 is 1.96 bits per heavy atom. The van der Waals surface area contributed by atoms with E-state index in [0.717, 1.165) is 57.9 Å². The van der Waals surface area contributed by atoms with Crippen LogP contribution in [-0.2, 0) is 17.8 Å². The quantitative estimate of drug-likeness (QED) is 0.420. The summed E-state index contributed by atoms with van der Waals surface area (Å²) in [4.78, 5) is 10.9. The third kappa shape index (κ3) is 6.16. The Morgan fingerprint density at radius 3 is 2.69 bits per heavy atom. The summed E-state index contributed by atoms with van der Waals surface area (Å²) in [7, 11) is 0. The summed E-state index contributed by atoms with van der Waals surface area (Å²) >= 11 is 0. The maximum absolute atomic E-state index is 5.96. The van der Waals surface area contributed by atoms with Gasteiger partial charge in [-0.25, -0.2) is 9.98 Å². The van der Waals surface area contributed by atoms with E-state index >= 15 is 0 Å². The van der Waals surface area contributed by atoms with Gasteiger partial charge in [-0.2, -0.15) is 0 Å². The number of ether oxygens (including phenoxy) is 1. The molecule has 1 aliphatic rings. The van der Waals surface area contributed by atoms with Crippen molar-refractivity contribution in [1.82, 2.24) is 19.8 Å². The zero-order chi connectivity index (χ0) is 18.0. The molecule has 2 heterocycles. The molecule has 0 bridgehead atoms. The number of nitrogens with two attached hydrogens (primary N) is 1. The first-order valence-electron chi connectivity index (χ1n) is 9.17. The van der Waals surface area contributed by atoms with Crippen LogP contribution in [0.25, 0.3) is 0 Å². The summed E-state index contributed by atoms with van der Waals surface area (Å²) in [6, 6.07) is 8.44. The van der Waals surface area contributed by atoms with E-state index in [4.69, 9.17) is 10.5 Å². The van der Waals surface area contributed by atoms with Crippen molar-refractivity contribution in [2.45, 2.75) is 19.5 Å². The van der Waals surface area contributed by atoms with Crippen LogP contribution < -0.4 is 11.1 Å². The van der Waals surface area contributed by atoms with Crippen LogP contribution in [0.1, 0.15) is 17.5 Å². The number of aliphatic imine (C=N–C) groups is 1. The molecule has 3 rings (SSSR count). The minimum atomic E-state index is 0.509. The van der Waals surface area contributed by atoms with Crippen molar-refractivity contribution in [3.8, 4) is 0 Å². The fourth-order valence-electron chi connectivity index (χ4n) is 2.92. The molecular weight excluding hydrogens is 328 g/mol. The first kappa shape index (κ1) is 18.4. The fourth-order valence-corrected chi connectivity index (χ4v) is 2.92. The molecule has 0 amide bonds. The van der Waals surface area contributed by atoms with Crippen LogP contribution in [0.3, 0.4) is 0 Å². The van der Waals surface area contributed by atoms with Crippen LogP contribution in [0.5, 0.6) is 0 Å². The van der Waals surface area contributed by atoms with Gasteiger partial charge in [0, 0.05) is 38.6 Å². The highest BCUT2D eigenvalue weighted by atomic mass is 16.5. The first-order chi connectivity index (χ1) is 12.8.